The van der Waals surface area contributed by atoms with Gasteiger partial charge in [0.15, 0.2) is 0 Å². The molecule has 0 aromatic heterocycles. The van der Waals surface area contributed by atoms with Gasteiger partial charge >= 0.3 is 0 Å². The molecule has 0 saturated carbocycles. The molecule has 1 aromatic carbocycles. The lowest BCUT2D eigenvalue weighted by molar-refractivity contribution is -0.118. The number of nitrogens with two attached hydrogens (primary N) is 1. The average molecular weight is 221 g/mol. The van der Waals surface area contributed by atoms with E-state index in [1.165, 1.54) is 0 Å². The molecule has 0 heterocycles. The zero-order chi connectivity index (χ0) is 12.0. The van der Waals surface area contributed by atoms with Gasteiger partial charge in [-0.3, -0.25) is 4.79 Å². The standard InChI is InChI=1S/C13H19NO2/c1-13(16-2,10-6-9-12(14)15)11-7-4-3-5-8-11/h3-5,7-8H,6,9-10H2,1-2H3,(H2,14,15). The second-order valence-electron chi connectivity index (χ2n) is 4.12. The molecule has 1 aromatic rings. The third kappa shape index (κ3) is 3.35. The van der Waals surface area contributed by atoms with Gasteiger partial charge in [0.05, 0.1) is 5.60 Å². The van der Waals surface area contributed by atoms with Gasteiger partial charge < -0.3 is 10.5 Å². The van der Waals surface area contributed by atoms with E-state index in [1.54, 1.807) is 7.11 Å². The summed E-state index contributed by atoms with van der Waals surface area (Å²) < 4.78 is 5.55. The molecular weight excluding hydrogens is 202 g/mol. The highest BCUT2D eigenvalue weighted by atomic mass is 16.5. The molecule has 1 amide bonds. The number of ether oxygens (including phenoxy) is 1. The van der Waals surface area contributed by atoms with E-state index in [0.717, 1.165) is 18.4 Å². The van der Waals surface area contributed by atoms with Gasteiger partial charge in [0.2, 0.25) is 5.91 Å². The fourth-order valence-corrected chi connectivity index (χ4v) is 1.75. The minimum absolute atomic E-state index is 0.258. The Bertz CT molecular complexity index is 337. The van der Waals surface area contributed by atoms with Crippen LogP contribution in [-0.2, 0) is 15.1 Å². The molecule has 0 spiro atoms. The van der Waals surface area contributed by atoms with Gasteiger partial charge in [-0.2, -0.15) is 0 Å². The highest BCUT2D eigenvalue weighted by Crippen LogP contribution is 2.29. The molecule has 0 fully saturated rings. The lowest BCUT2D eigenvalue weighted by Crippen LogP contribution is -2.25. The molecule has 0 aliphatic carbocycles. The van der Waals surface area contributed by atoms with Gasteiger partial charge in [0.25, 0.3) is 0 Å². The quantitative estimate of drug-likeness (QED) is 0.800. The van der Waals surface area contributed by atoms with E-state index in [-0.39, 0.29) is 11.5 Å². The molecule has 1 rings (SSSR count). The molecule has 2 N–H and O–H groups in total. The van der Waals surface area contributed by atoms with Crippen molar-refractivity contribution in [2.45, 2.75) is 31.8 Å². The number of rotatable bonds is 6. The molecule has 88 valence electrons. The largest absolute Gasteiger partial charge is 0.374 e. The van der Waals surface area contributed by atoms with Crippen LogP contribution in [0.25, 0.3) is 0 Å². The van der Waals surface area contributed by atoms with Crippen LogP contribution in [0, 0.1) is 0 Å². The first-order valence-electron chi connectivity index (χ1n) is 5.47. The molecule has 1 unspecified atom stereocenters. The van der Waals surface area contributed by atoms with Crippen molar-refractivity contribution < 1.29 is 9.53 Å². The summed E-state index contributed by atoms with van der Waals surface area (Å²) in [5.41, 5.74) is 5.91. The zero-order valence-electron chi connectivity index (χ0n) is 9.90. The van der Waals surface area contributed by atoms with Crippen LogP contribution in [0.3, 0.4) is 0 Å². The molecule has 0 saturated heterocycles. The maximum atomic E-state index is 10.7. The second kappa shape index (κ2) is 5.66. The van der Waals surface area contributed by atoms with E-state index in [1.807, 2.05) is 37.3 Å². The van der Waals surface area contributed by atoms with Crippen LogP contribution in [0.4, 0.5) is 0 Å². The molecule has 0 aliphatic heterocycles. The highest BCUT2D eigenvalue weighted by Gasteiger charge is 2.25. The summed E-state index contributed by atoms with van der Waals surface area (Å²) in [6, 6.07) is 10.0. The molecule has 0 aliphatic rings. The first-order valence-corrected chi connectivity index (χ1v) is 5.47. The van der Waals surface area contributed by atoms with Crippen LogP contribution in [0.1, 0.15) is 31.7 Å². The zero-order valence-corrected chi connectivity index (χ0v) is 9.90. The fourth-order valence-electron chi connectivity index (χ4n) is 1.75. The normalized spacial score (nSPS) is 14.4. The van der Waals surface area contributed by atoms with Gasteiger partial charge in [-0.1, -0.05) is 30.3 Å². The Morgan fingerprint density at radius 3 is 2.50 bits per heavy atom. The van der Waals surface area contributed by atoms with Crippen molar-refractivity contribution in [1.82, 2.24) is 0 Å². The lowest BCUT2D eigenvalue weighted by atomic mass is 9.90. The van der Waals surface area contributed by atoms with E-state index in [2.05, 4.69) is 0 Å². The van der Waals surface area contributed by atoms with E-state index in [0.29, 0.717) is 6.42 Å². The van der Waals surface area contributed by atoms with Gasteiger partial charge in [0, 0.05) is 13.5 Å². The summed E-state index contributed by atoms with van der Waals surface area (Å²) in [7, 11) is 1.69. The third-order valence-corrected chi connectivity index (χ3v) is 2.91. The third-order valence-electron chi connectivity index (χ3n) is 2.91. The Morgan fingerprint density at radius 1 is 1.38 bits per heavy atom. The average Bonchev–Trinajstić information content (AvgIpc) is 2.29. The van der Waals surface area contributed by atoms with Crippen molar-refractivity contribution in [3.8, 4) is 0 Å². The predicted molar refractivity (Wildman–Crippen MR) is 63.8 cm³/mol. The molecular formula is C13H19NO2. The Balaban J connectivity index is 2.67. The number of hydrogen-bond acceptors (Lipinski definition) is 2. The maximum Gasteiger partial charge on any atom is 0.217 e. The van der Waals surface area contributed by atoms with Crippen molar-refractivity contribution in [3.63, 3.8) is 0 Å². The molecule has 0 bridgehead atoms. The van der Waals surface area contributed by atoms with E-state index in [4.69, 9.17) is 10.5 Å². The lowest BCUT2D eigenvalue weighted by Gasteiger charge is -2.28. The number of benzene rings is 1. The van der Waals surface area contributed by atoms with Crippen molar-refractivity contribution in [3.05, 3.63) is 35.9 Å². The molecule has 3 nitrogen and oxygen atoms in total. The van der Waals surface area contributed by atoms with Crippen LogP contribution < -0.4 is 5.73 Å². The van der Waals surface area contributed by atoms with Gasteiger partial charge in [-0.15, -0.1) is 0 Å². The first kappa shape index (κ1) is 12.7. The van der Waals surface area contributed by atoms with Crippen LogP contribution in [0.2, 0.25) is 0 Å². The fraction of sp³-hybridized carbons (Fsp3) is 0.462. The summed E-state index contributed by atoms with van der Waals surface area (Å²) in [5, 5.41) is 0. The minimum atomic E-state index is -0.337. The van der Waals surface area contributed by atoms with Crippen LogP contribution in [0.5, 0.6) is 0 Å². The number of carbonyl (C=O) groups is 1. The second-order valence-corrected chi connectivity index (χ2v) is 4.12. The van der Waals surface area contributed by atoms with Crippen molar-refractivity contribution in [2.24, 2.45) is 5.73 Å². The summed E-state index contributed by atoms with van der Waals surface area (Å²) in [5.74, 6) is -0.258. The molecule has 0 radical (unpaired) electrons. The van der Waals surface area contributed by atoms with Crippen LogP contribution in [0.15, 0.2) is 30.3 Å². The van der Waals surface area contributed by atoms with Crippen molar-refractivity contribution in [2.75, 3.05) is 7.11 Å². The van der Waals surface area contributed by atoms with Gasteiger partial charge in [-0.05, 0) is 25.3 Å². The topological polar surface area (TPSA) is 52.3 Å². The van der Waals surface area contributed by atoms with E-state index >= 15 is 0 Å². The van der Waals surface area contributed by atoms with Crippen molar-refractivity contribution in [1.29, 1.82) is 0 Å². The predicted octanol–water partition coefficient (Wildman–Crippen LogP) is 2.20. The Labute approximate surface area is 96.6 Å². The van der Waals surface area contributed by atoms with E-state index < -0.39 is 0 Å². The van der Waals surface area contributed by atoms with Crippen LogP contribution in [-0.4, -0.2) is 13.0 Å². The number of carbonyl (C=O) groups excluding carboxylic acids is 1. The smallest absolute Gasteiger partial charge is 0.217 e. The molecule has 3 heteroatoms. The highest BCUT2D eigenvalue weighted by molar-refractivity contribution is 5.73. The number of amides is 1. The Morgan fingerprint density at radius 2 is 2.00 bits per heavy atom. The first-order chi connectivity index (χ1) is 7.58. The van der Waals surface area contributed by atoms with Crippen molar-refractivity contribution >= 4 is 5.91 Å². The van der Waals surface area contributed by atoms with Gasteiger partial charge in [0.1, 0.15) is 0 Å². The summed E-state index contributed by atoms with van der Waals surface area (Å²) in [4.78, 5) is 10.7. The van der Waals surface area contributed by atoms with Crippen LogP contribution >= 0.6 is 0 Å². The number of hydrogen-bond donors (Lipinski definition) is 1. The van der Waals surface area contributed by atoms with Gasteiger partial charge in [-0.25, -0.2) is 0 Å². The molecule has 1 atom stereocenters. The number of primary amides is 1. The SMILES string of the molecule is COC(C)(CCCC(N)=O)c1ccccc1. The maximum absolute atomic E-state index is 10.7. The van der Waals surface area contributed by atoms with E-state index in [9.17, 15) is 4.79 Å². The monoisotopic (exact) mass is 221 g/mol. The minimum Gasteiger partial charge on any atom is -0.374 e. The number of methoxy groups -OCH3 is 1. The molecule has 16 heavy (non-hydrogen) atoms. The Kier molecular flexibility index (Phi) is 4.50. The summed E-state index contributed by atoms with van der Waals surface area (Å²) >= 11 is 0. The Hall–Kier alpha value is -1.35. The summed E-state index contributed by atoms with van der Waals surface area (Å²) in [6.07, 6.45) is 1.94. The summed E-state index contributed by atoms with van der Waals surface area (Å²) in [6.45, 7) is 2.03.